The minimum absolute atomic E-state index is 0.0279. The van der Waals surface area contributed by atoms with Gasteiger partial charge in [0, 0.05) is 24.5 Å². The van der Waals surface area contributed by atoms with Crippen LogP contribution in [0.5, 0.6) is 0 Å². The quantitative estimate of drug-likeness (QED) is 0.683. The van der Waals surface area contributed by atoms with Crippen molar-refractivity contribution in [3.63, 3.8) is 0 Å². The van der Waals surface area contributed by atoms with E-state index in [4.69, 9.17) is 10.5 Å². The zero-order valence-corrected chi connectivity index (χ0v) is 11.6. The smallest absolute Gasteiger partial charge is 0.0965 e. The van der Waals surface area contributed by atoms with Crippen molar-refractivity contribution < 1.29 is 4.74 Å². The highest BCUT2D eigenvalue weighted by Gasteiger charge is 2.13. The van der Waals surface area contributed by atoms with Gasteiger partial charge in [0.25, 0.3) is 0 Å². The summed E-state index contributed by atoms with van der Waals surface area (Å²) in [6.45, 7) is 4.86. The van der Waals surface area contributed by atoms with Gasteiger partial charge in [-0.15, -0.1) is 0 Å². The highest BCUT2D eigenvalue weighted by molar-refractivity contribution is 5.12. The Labute approximate surface area is 111 Å². The SMILES string of the molecule is CCCCCCC(C)OC(CN)c1cccnc1. The third kappa shape index (κ3) is 5.61. The van der Waals surface area contributed by atoms with E-state index in [0.717, 1.165) is 12.0 Å². The van der Waals surface area contributed by atoms with Gasteiger partial charge >= 0.3 is 0 Å². The molecule has 1 aromatic heterocycles. The maximum absolute atomic E-state index is 6.00. The fraction of sp³-hybridized carbons (Fsp3) is 0.667. The maximum Gasteiger partial charge on any atom is 0.0965 e. The lowest BCUT2D eigenvalue weighted by molar-refractivity contribution is -0.00390. The normalized spacial score (nSPS) is 14.4. The van der Waals surface area contributed by atoms with Crippen LogP contribution in [0.4, 0.5) is 0 Å². The lowest BCUT2D eigenvalue weighted by Gasteiger charge is -2.21. The van der Waals surface area contributed by atoms with Crippen molar-refractivity contribution in [2.24, 2.45) is 5.73 Å². The first kappa shape index (κ1) is 15.1. The average Bonchev–Trinajstić information content (AvgIpc) is 2.42. The molecule has 0 aliphatic rings. The molecule has 0 fully saturated rings. The summed E-state index contributed by atoms with van der Waals surface area (Å²) >= 11 is 0. The number of pyridine rings is 1. The molecular formula is C15H26N2O. The van der Waals surface area contributed by atoms with Crippen molar-refractivity contribution in [1.82, 2.24) is 4.98 Å². The lowest BCUT2D eigenvalue weighted by Crippen LogP contribution is -2.21. The third-order valence-corrected chi connectivity index (χ3v) is 3.13. The van der Waals surface area contributed by atoms with Crippen LogP contribution >= 0.6 is 0 Å². The van der Waals surface area contributed by atoms with Crippen molar-refractivity contribution in [3.05, 3.63) is 30.1 Å². The summed E-state index contributed by atoms with van der Waals surface area (Å²) in [5, 5.41) is 0. The van der Waals surface area contributed by atoms with Crippen LogP contribution in [0.2, 0.25) is 0 Å². The van der Waals surface area contributed by atoms with E-state index in [2.05, 4.69) is 18.8 Å². The Hall–Kier alpha value is -0.930. The molecule has 0 amide bonds. The van der Waals surface area contributed by atoms with Crippen molar-refractivity contribution in [1.29, 1.82) is 0 Å². The minimum Gasteiger partial charge on any atom is -0.369 e. The summed E-state index contributed by atoms with van der Waals surface area (Å²) in [5.74, 6) is 0. The van der Waals surface area contributed by atoms with Crippen molar-refractivity contribution in [2.75, 3.05) is 6.54 Å². The standard InChI is InChI=1S/C15H26N2O/c1-3-4-5-6-8-13(2)18-15(11-16)14-9-7-10-17-12-14/h7,9-10,12-13,15H,3-6,8,11,16H2,1-2H3. The lowest BCUT2D eigenvalue weighted by atomic mass is 10.1. The van der Waals surface area contributed by atoms with Gasteiger partial charge in [-0.2, -0.15) is 0 Å². The van der Waals surface area contributed by atoms with Crippen molar-refractivity contribution in [2.45, 2.75) is 58.2 Å². The second-order valence-corrected chi connectivity index (χ2v) is 4.81. The van der Waals surface area contributed by atoms with Gasteiger partial charge in [-0.05, 0) is 19.4 Å². The van der Waals surface area contributed by atoms with Crippen LogP contribution < -0.4 is 5.73 Å². The molecular weight excluding hydrogens is 224 g/mol. The van der Waals surface area contributed by atoms with Gasteiger partial charge in [-0.25, -0.2) is 0 Å². The number of rotatable bonds is 9. The number of hydrogen-bond acceptors (Lipinski definition) is 3. The first-order chi connectivity index (χ1) is 8.77. The third-order valence-electron chi connectivity index (χ3n) is 3.13. The molecule has 2 unspecified atom stereocenters. The zero-order chi connectivity index (χ0) is 13.2. The van der Waals surface area contributed by atoms with Crippen molar-refractivity contribution in [3.8, 4) is 0 Å². The van der Waals surface area contributed by atoms with Crippen LogP contribution in [0.3, 0.4) is 0 Å². The van der Waals surface area contributed by atoms with Crippen LogP contribution in [-0.4, -0.2) is 17.6 Å². The first-order valence-corrected chi connectivity index (χ1v) is 7.03. The topological polar surface area (TPSA) is 48.1 Å². The molecule has 1 aromatic rings. The Balaban J connectivity index is 2.34. The molecule has 2 atom stereocenters. The first-order valence-electron chi connectivity index (χ1n) is 7.03. The Kier molecular flexibility index (Phi) is 7.62. The van der Waals surface area contributed by atoms with Crippen LogP contribution in [0.25, 0.3) is 0 Å². The molecule has 3 heteroatoms. The number of ether oxygens (including phenoxy) is 1. The van der Waals surface area contributed by atoms with E-state index in [1.807, 2.05) is 18.3 Å². The largest absolute Gasteiger partial charge is 0.369 e. The molecule has 0 spiro atoms. The molecule has 0 aliphatic carbocycles. The molecule has 1 heterocycles. The van der Waals surface area contributed by atoms with Crippen molar-refractivity contribution >= 4 is 0 Å². The number of nitrogens with zero attached hydrogens (tertiary/aromatic N) is 1. The van der Waals surface area contributed by atoms with Gasteiger partial charge in [0.2, 0.25) is 0 Å². The summed E-state index contributed by atoms with van der Waals surface area (Å²) < 4.78 is 6.00. The van der Waals surface area contributed by atoms with Crippen LogP contribution in [0.1, 0.15) is 57.6 Å². The number of nitrogens with two attached hydrogens (primary N) is 1. The molecule has 0 bridgehead atoms. The molecule has 0 aliphatic heterocycles. The highest BCUT2D eigenvalue weighted by Crippen LogP contribution is 2.19. The summed E-state index contributed by atoms with van der Waals surface area (Å²) in [5.41, 5.74) is 6.85. The fourth-order valence-corrected chi connectivity index (χ4v) is 2.04. The molecule has 0 radical (unpaired) electrons. The zero-order valence-electron chi connectivity index (χ0n) is 11.6. The van der Waals surface area contributed by atoms with Gasteiger partial charge in [0.15, 0.2) is 0 Å². The Morgan fingerprint density at radius 1 is 1.33 bits per heavy atom. The fourth-order valence-electron chi connectivity index (χ4n) is 2.04. The Morgan fingerprint density at radius 2 is 2.17 bits per heavy atom. The predicted molar refractivity (Wildman–Crippen MR) is 75.3 cm³/mol. The van der Waals surface area contributed by atoms with E-state index >= 15 is 0 Å². The number of unbranched alkanes of at least 4 members (excludes halogenated alkanes) is 3. The molecule has 0 saturated carbocycles. The minimum atomic E-state index is -0.0279. The van der Waals surface area contributed by atoms with Crippen LogP contribution in [0, 0.1) is 0 Å². The maximum atomic E-state index is 6.00. The second-order valence-electron chi connectivity index (χ2n) is 4.81. The molecule has 102 valence electrons. The molecule has 1 rings (SSSR count). The van der Waals surface area contributed by atoms with Gasteiger partial charge < -0.3 is 10.5 Å². The van der Waals surface area contributed by atoms with E-state index in [9.17, 15) is 0 Å². The van der Waals surface area contributed by atoms with Crippen LogP contribution in [-0.2, 0) is 4.74 Å². The van der Waals surface area contributed by atoms with E-state index in [-0.39, 0.29) is 12.2 Å². The van der Waals surface area contributed by atoms with E-state index in [1.165, 1.54) is 25.7 Å². The molecule has 2 N–H and O–H groups in total. The monoisotopic (exact) mass is 250 g/mol. The van der Waals surface area contributed by atoms with E-state index in [1.54, 1.807) is 6.20 Å². The van der Waals surface area contributed by atoms with Gasteiger partial charge in [-0.1, -0.05) is 38.7 Å². The molecule has 0 saturated heterocycles. The van der Waals surface area contributed by atoms with Gasteiger partial charge in [-0.3, -0.25) is 4.98 Å². The molecule has 0 aromatic carbocycles. The van der Waals surface area contributed by atoms with E-state index in [0.29, 0.717) is 6.54 Å². The summed E-state index contributed by atoms with van der Waals surface area (Å²) in [4.78, 5) is 4.11. The van der Waals surface area contributed by atoms with Gasteiger partial charge in [0.1, 0.15) is 0 Å². The summed E-state index contributed by atoms with van der Waals surface area (Å²) in [7, 11) is 0. The Bertz CT molecular complexity index is 303. The van der Waals surface area contributed by atoms with E-state index < -0.39 is 0 Å². The van der Waals surface area contributed by atoms with Crippen LogP contribution in [0.15, 0.2) is 24.5 Å². The molecule has 18 heavy (non-hydrogen) atoms. The molecule has 3 nitrogen and oxygen atoms in total. The highest BCUT2D eigenvalue weighted by atomic mass is 16.5. The number of aromatic nitrogens is 1. The second kappa shape index (κ2) is 9.06. The van der Waals surface area contributed by atoms with Gasteiger partial charge in [0.05, 0.1) is 12.2 Å². The Morgan fingerprint density at radius 3 is 2.78 bits per heavy atom. The summed E-state index contributed by atoms with van der Waals surface area (Å²) in [6.07, 6.45) is 10.1. The predicted octanol–water partition coefficient (Wildman–Crippen LogP) is 3.46. The number of hydrogen-bond donors (Lipinski definition) is 1. The average molecular weight is 250 g/mol. The summed E-state index contributed by atoms with van der Waals surface area (Å²) in [6, 6.07) is 3.95.